The number of hydrogen-bond donors (Lipinski definition) is 0. The number of hydrogen-bond acceptors (Lipinski definition) is 2. The summed E-state index contributed by atoms with van der Waals surface area (Å²) in [6.45, 7) is 9.39. The van der Waals surface area contributed by atoms with E-state index in [2.05, 4.69) is 216 Å². The molecule has 1 heterocycles. The summed E-state index contributed by atoms with van der Waals surface area (Å²) >= 11 is 0. The van der Waals surface area contributed by atoms with Crippen molar-refractivity contribution < 1.29 is 0 Å². The second-order valence-electron chi connectivity index (χ2n) is 18.1. The summed E-state index contributed by atoms with van der Waals surface area (Å²) in [7, 11) is 0. The van der Waals surface area contributed by atoms with Crippen molar-refractivity contribution >= 4 is 21.5 Å². The predicted molar refractivity (Wildman–Crippen MR) is 259 cm³/mol. The molecule has 0 saturated heterocycles. The van der Waals surface area contributed by atoms with E-state index in [4.69, 9.17) is 9.97 Å². The standard InChI is InChI=1S/C60H44N2/c1-59(2)50-26-13-12-24-47(50)57-48(25-15-27-52(57)59)55-36-54(61-58(62-55)38-17-6-5-7-18-38)46-31-30-42(44-22-10-11-23-45(44)46)41-20-14-19-39(34-41)40-29-32-51-49(35-40)56-43-21-9-8-16-37(43)28-33-53(56)60(51,3)4/h5-36H,1-4H3. The average Bonchev–Trinajstić information content (AvgIpc) is 3.70. The summed E-state index contributed by atoms with van der Waals surface area (Å²) in [6.07, 6.45) is 0. The van der Waals surface area contributed by atoms with Gasteiger partial charge in [0.25, 0.3) is 0 Å². The molecule has 0 saturated carbocycles. The third kappa shape index (κ3) is 5.43. The second kappa shape index (κ2) is 13.5. The minimum absolute atomic E-state index is 0.0640. The topological polar surface area (TPSA) is 25.8 Å². The SMILES string of the molecule is CC1(C)c2ccccc2-c2c(-c3cc(-c4ccc(-c5cccc(-c6ccc7c(c6)-c6c(ccc8ccccc68)C7(C)C)c5)c5ccccc45)nc(-c4ccccc4)n3)cccc21. The van der Waals surface area contributed by atoms with Crippen LogP contribution in [0.2, 0.25) is 0 Å². The number of aromatic nitrogens is 2. The Labute approximate surface area is 363 Å². The molecule has 0 amide bonds. The third-order valence-electron chi connectivity index (χ3n) is 13.9. The predicted octanol–water partition coefficient (Wildman–Crippen LogP) is 15.7. The van der Waals surface area contributed by atoms with Crippen LogP contribution >= 0.6 is 0 Å². The molecule has 12 rings (SSSR count). The van der Waals surface area contributed by atoms with Gasteiger partial charge >= 0.3 is 0 Å². The molecule has 2 heteroatoms. The first kappa shape index (κ1) is 36.4. The van der Waals surface area contributed by atoms with Crippen molar-refractivity contribution in [2.75, 3.05) is 0 Å². The molecule has 0 atom stereocenters. The van der Waals surface area contributed by atoms with E-state index in [1.807, 2.05) is 6.07 Å². The van der Waals surface area contributed by atoms with Crippen LogP contribution in [-0.2, 0) is 10.8 Å². The average molecular weight is 793 g/mol. The monoisotopic (exact) mass is 792 g/mol. The molecule has 9 aromatic carbocycles. The zero-order valence-corrected chi connectivity index (χ0v) is 35.4. The van der Waals surface area contributed by atoms with Gasteiger partial charge in [-0.15, -0.1) is 0 Å². The minimum atomic E-state index is -0.110. The van der Waals surface area contributed by atoms with Crippen LogP contribution in [0.1, 0.15) is 49.9 Å². The normalized spacial score (nSPS) is 14.1. The molecular weight excluding hydrogens is 749 g/mol. The van der Waals surface area contributed by atoms with Gasteiger partial charge in [-0.25, -0.2) is 9.97 Å². The van der Waals surface area contributed by atoms with Gasteiger partial charge in [0.1, 0.15) is 0 Å². The summed E-state index contributed by atoms with van der Waals surface area (Å²) in [5, 5.41) is 4.96. The Bertz CT molecular complexity index is 3460. The molecule has 0 fully saturated rings. The summed E-state index contributed by atoms with van der Waals surface area (Å²) in [5.74, 6) is 0.718. The molecule has 0 spiro atoms. The van der Waals surface area contributed by atoms with E-state index < -0.39 is 0 Å². The smallest absolute Gasteiger partial charge is 0.160 e. The fraction of sp³-hybridized carbons (Fsp3) is 0.100. The molecule has 62 heavy (non-hydrogen) atoms. The number of fused-ring (bicyclic) bond motifs is 9. The minimum Gasteiger partial charge on any atom is -0.228 e. The van der Waals surface area contributed by atoms with Gasteiger partial charge in [-0.3, -0.25) is 0 Å². The van der Waals surface area contributed by atoms with Gasteiger partial charge in [0.2, 0.25) is 0 Å². The van der Waals surface area contributed by atoms with Gasteiger partial charge in [-0.1, -0.05) is 204 Å². The lowest BCUT2D eigenvalue weighted by Crippen LogP contribution is -2.14. The van der Waals surface area contributed by atoms with Gasteiger partial charge in [-0.05, 0) is 107 Å². The molecular formula is C60H44N2. The molecule has 2 aliphatic carbocycles. The molecule has 2 aliphatic rings. The van der Waals surface area contributed by atoms with Crippen molar-refractivity contribution in [2.24, 2.45) is 0 Å². The van der Waals surface area contributed by atoms with Gasteiger partial charge in [0.15, 0.2) is 5.82 Å². The summed E-state index contributed by atoms with van der Waals surface area (Å²) in [6, 6.07) is 71.0. The maximum absolute atomic E-state index is 5.33. The first-order valence-corrected chi connectivity index (χ1v) is 21.7. The van der Waals surface area contributed by atoms with Crippen LogP contribution in [-0.4, -0.2) is 9.97 Å². The van der Waals surface area contributed by atoms with Gasteiger partial charge in [-0.2, -0.15) is 0 Å². The van der Waals surface area contributed by atoms with E-state index in [1.54, 1.807) is 0 Å². The van der Waals surface area contributed by atoms with E-state index in [-0.39, 0.29) is 10.8 Å². The highest BCUT2D eigenvalue weighted by Crippen LogP contribution is 2.54. The highest BCUT2D eigenvalue weighted by Gasteiger charge is 2.38. The van der Waals surface area contributed by atoms with E-state index in [0.717, 1.165) is 39.3 Å². The Kier molecular flexibility index (Phi) is 7.96. The van der Waals surface area contributed by atoms with Gasteiger partial charge in [0.05, 0.1) is 11.4 Å². The maximum atomic E-state index is 5.33. The largest absolute Gasteiger partial charge is 0.228 e. The molecule has 0 unspecified atom stereocenters. The number of rotatable bonds is 5. The summed E-state index contributed by atoms with van der Waals surface area (Å²) in [5.41, 5.74) is 20.4. The molecule has 0 radical (unpaired) electrons. The van der Waals surface area contributed by atoms with Crippen LogP contribution in [0.4, 0.5) is 0 Å². The van der Waals surface area contributed by atoms with E-state index in [0.29, 0.717) is 0 Å². The van der Waals surface area contributed by atoms with E-state index >= 15 is 0 Å². The number of benzene rings is 9. The second-order valence-corrected chi connectivity index (χ2v) is 18.1. The van der Waals surface area contributed by atoms with Crippen molar-refractivity contribution in [3.63, 3.8) is 0 Å². The molecule has 0 N–H and O–H groups in total. The molecule has 10 aromatic rings. The van der Waals surface area contributed by atoms with Gasteiger partial charge < -0.3 is 0 Å². The van der Waals surface area contributed by atoms with Crippen LogP contribution in [0, 0.1) is 0 Å². The lowest BCUT2D eigenvalue weighted by molar-refractivity contribution is 0.660. The quantitative estimate of drug-likeness (QED) is 0.173. The van der Waals surface area contributed by atoms with Gasteiger partial charge in [0, 0.05) is 27.5 Å². The van der Waals surface area contributed by atoms with Crippen LogP contribution in [0.15, 0.2) is 194 Å². The van der Waals surface area contributed by atoms with Crippen LogP contribution < -0.4 is 0 Å². The van der Waals surface area contributed by atoms with E-state index in [9.17, 15) is 0 Å². The Hall–Kier alpha value is -7.42. The maximum Gasteiger partial charge on any atom is 0.160 e. The molecule has 1 aromatic heterocycles. The first-order chi connectivity index (χ1) is 30.3. The first-order valence-electron chi connectivity index (χ1n) is 21.7. The summed E-state index contributed by atoms with van der Waals surface area (Å²) in [4.78, 5) is 10.7. The van der Waals surface area contributed by atoms with Crippen LogP contribution in [0.3, 0.4) is 0 Å². The van der Waals surface area contributed by atoms with Crippen molar-refractivity contribution in [1.29, 1.82) is 0 Å². The van der Waals surface area contributed by atoms with Crippen LogP contribution in [0.5, 0.6) is 0 Å². The lowest BCUT2D eigenvalue weighted by atomic mass is 9.82. The zero-order chi connectivity index (χ0) is 41.7. The summed E-state index contributed by atoms with van der Waals surface area (Å²) < 4.78 is 0. The van der Waals surface area contributed by atoms with Crippen LogP contribution in [0.25, 0.3) is 100.0 Å². The van der Waals surface area contributed by atoms with E-state index in [1.165, 1.54) is 82.9 Å². The van der Waals surface area contributed by atoms with Crippen molar-refractivity contribution in [3.05, 3.63) is 216 Å². The Morgan fingerprint density at radius 3 is 1.68 bits per heavy atom. The Morgan fingerprint density at radius 1 is 0.306 bits per heavy atom. The Morgan fingerprint density at radius 2 is 0.855 bits per heavy atom. The fourth-order valence-corrected chi connectivity index (χ4v) is 10.8. The molecule has 294 valence electrons. The molecule has 0 aliphatic heterocycles. The lowest BCUT2D eigenvalue weighted by Gasteiger charge is -2.21. The zero-order valence-electron chi connectivity index (χ0n) is 35.4. The molecule has 2 nitrogen and oxygen atoms in total. The Balaban J connectivity index is 0.993. The van der Waals surface area contributed by atoms with Crippen molar-refractivity contribution in [2.45, 2.75) is 38.5 Å². The van der Waals surface area contributed by atoms with Crippen molar-refractivity contribution in [1.82, 2.24) is 9.97 Å². The highest BCUT2D eigenvalue weighted by molar-refractivity contribution is 6.06. The highest BCUT2D eigenvalue weighted by atomic mass is 14.9. The van der Waals surface area contributed by atoms with Crippen molar-refractivity contribution in [3.8, 4) is 78.4 Å². The fourth-order valence-electron chi connectivity index (χ4n) is 10.8. The molecule has 0 bridgehead atoms. The number of nitrogens with zero attached hydrogens (tertiary/aromatic N) is 2. The third-order valence-corrected chi connectivity index (χ3v) is 13.9.